The molecule has 0 aliphatic rings. The van der Waals surface area contributed by atoms with Gasteiger partial charge in [-0.3, -0.25) is 4.79 Å². The molecule has 1 heterocycles. The van der Waals surface area contributed by atoms with Gasteiger partial charge in [0.1, 0.15) is 17.1 Å². The van der Waals surface area contributed by atoms with Crippen LogP contribution in [0.2, 0.25) is 0 Å². The highest BCUT2D eigenvalue weighted by molar-refractivity contribution is 5.94. The van der Waals surface area contributed by atoms with E-state index in [-0.39, 0.29) is 18.3 Å². The van der Waals surface area contributed by atoms with E-state index in [4.69, 9.17) is 9.15 Å². The van der Waals surface area contributed by atoms with Gasteiger partial charge in [0, 0.05) is 16.6 Å². The van der Waals surface area contributed by atoms with Gasteiger partial charge in [-0.2, -0.15) is 0 Å². The molecule has 0 aliphatic carbocycles. The fraction of sp³-hybridized carbons (Fsp3) is 0.0400. The van der Waals surface area contributed by atoms with E-state index < -0.39 is 0 Å². The Bertz CT molecular complexity index is 1410. The topological polar surface area (TPSA) is 64.4 Å². The zero-order chi connectivity index (χ0) is 21.2. The van der Waals surface area contributed by atoms with Crippen molar-refractivity contribution in [2.24, 2.45) is 0 Å². The van der Waals surface area contributed by atoms with Crippen LogP contribution in [0.25, 0.3) is 33.3 Å². The number of amides is 1. The number of rotatable bonds is 5. The molecule has 6 heteroatoms. The Morgan fingerprint density at radius 3 is 2.71 bits per heavy atom. The average molecular weight is 412 g/mol. The third kappa shape index (κ3) is 3.96. The molecular weight excluding hydrogens is 395 g/mol. The van der Waals surface area contributed by atoms with Gasteiger partial charge in [-0.1, -0.05) is 42.5 Å². The highest BCUT2D eigenvalue weighted by atomic mass is 19.1. The van der Waals surface area contributed by atoms with Crippen LogP contribution >= 0.6 is 0 Å². The van der Waals surface area contributed by atoms with Crippen molar-refractivity contribution in [3.8, 4) is 17.2 Å². The minimum Gasteiger partial charge on any atom is -0.483 e. The lowest BCUT2D eigenvalue weighted by Gasteiger charge is -2.09. The van der Waals surface area contributed by atoms with E-state index >= 15 is 0 Å². The van der Waals surface area contributed by atoms with Gasteiger partial charge in [0.2, 0.25) is 5.89 Å². The van der Waals surface area contributed by atoms with Gasteiger partial charge < -0.3 is 14.5 Å². The maximum absolute atomic E-state index is 13.5. The summed E-state index contributed by atoms with van der Waals surface area (Å²) in [6.45, 7) is -0.126. The molecule has 0 unspecified atom stereocenters. The van der Waals surface area contributed by atoms with E-state index in [1.807, 2.05) is 42.5 Å². The van der Waals surface area contributed by atoms with Gasteiger partial charge in [-0.05, 0) is 47.9 Å². The second-order valence-corrected chi connectivity index (χ2v) is 7.03. The van der Waals surface area contributed by atoms with E-state index in [0.29, 0.717) is 34.0 Å². The first-order chi connectivity index (χ1) is 15.2. The summed E-state index contributed by atoms with van der Waals surface area (Å²) in [6, 6.07) is 24.7. The number of carbonyl (C=O) groups excluding carboxylic acids is 1. The summed E-state index contributed by atoms with van der Waals surface area (Å²) in [6.07, 6.45) is 0. The summed E-state index contributed by atoms with van der Waals surface area (Å²) in [5.41, 5.74) is 2.22. The maximum Gasteiger partial charge on any atom is 0.262 e. The van der Waals surface area contributed by atoms with Crippen molar-refractivity contribution < 1.29 is 18.3 Å². The lowest BCUT2D eigenvalue weighted by Crippen LogP contribution is -2.20. The van der Waals surface area contributed by atoms with Gasteiger partial charge in [0.05, 0.1) is 0 Å². The molecular formula is C25H17FN2O3. The predicted octanol–water partition coefficient (Wildman–Crippen LogP) is 5.80. The molecule has 1 amide bonds. The lowest BCUT2D eigenvalue weighted by atomic mass is 10.1. The van der Waals surface area contributed by atoms with E-state index in [2.05, 4.69) is 10.3 Å². The monoisotopic (exact) mass is 412 g/mol. The molecule has 1 N–H and O–H groups in total. The van der Waals surface area contributed by atoms with Crippen LogP contribution in [0.3, 0.4) is 0 Å². The number of carbonyl (C=O) groups is 1. The number of aromatic nitrogens is 1. The SMILES string of the molecule is O=C(COc1cccc2ccccc12)Nc1ccc2oc(-c3cccc(F)c3)nc2c1. The Kier molecular flexibility index (Phi) is 4.80. The van der Waals surface area contributed by atoms with E-state index in [1.54, 1.807) is 30.3 Å². The van der Waals surface area contributed by atoms with Crippen molar-refractivity contribution in [3.05, 3.63) is 90.7 Å². The van der Waals surface area contributed by atoms with Crippen LogP contribution in [-0.4, -0.2) is 17.5 Å². The van der Waals surface area contributed by atoms with Crippen molar-refractivity contribution in [2.45, 2.75) is 0 Å². The molecule has 31 heavy (non-hydrogen) atoms. The van der Waals surface area contributed by atoms with Gasteiger partial charge in [-0.25, -0.2) is 9.37 Å². The third-order valence-electron chi connectivity index (χ3n) is 4.85. The van der Waals surface area contributed by atoms with Gasteiger partial charge in [0.15, 0.2) is 12.2 Å². The average Bonchev–Trinajstić information content (AvgIpc) is 3.21. The standard InChI is InChI=1S/C25H17FN2O3/c26-18-8-3-7-17(13-18)25-28-21-14-19(11-12-23(21)31-25)27-24(29)15-30-22-10-4-6-16-5-1-2-9-20(16)22/h1-14H,15H2,(H,27,29). The Morgan fingerprint density at radius 2 is 1.81 bits per heavy atom. The molecule has 1 aromatic heterocycles. The van der Waals surface area contributed by atoms with Crippen LogP contribution in [0.4, 0.5) is 10.1 Å². The number of halogens is 1. The largest absolute Gasteiger partial charge is 0.483 e. The van der Waals surface area contributed by atoms with Crippen molar-refractivity contribution in [2.75, 3.05) is 11.9 Å². The Labute approximate surface area is 177 Å². The smallest absolute Gasteiger partial charge is 0.262 e. The van der Waals surface area contributed by atoms with E-state index in [1.165, 1.54) is 12.1 Å². The normalized spacial score (nSPS) is 11.0. The number of hydrogen-bond acceptors (Lipinski definition) is 4. The van der Waals surface area contributed by atoms with Crippen molar-refractivity contribution in [1.82, 2.24) is 4.98 Å². The lowest BCUT2D eigenvalue weighted by molar-refractivity contribution is -0.118. The van der Waals surface area contributed by atoms with Crippen LogP contribution in [0.5, 0.6) is 5.75 Å². The molecule has 0 atom stereocenters. The van der Waals surface area contributed by atoms with E-state index in [9.17, 15) is 9.18 Å². The molecule has 0 aliphatic heterocycles. The Morgan fingerprint density at radius 1 is 0.968 bits per heavy atom. The molecule has 5 aromatic rings. The number of oxazole rings is 1. The van der Waals surface area contributed by atoms with Gasteiger partial charge >= 0.3 is 0 Å². The van der Waals surface area contributed by atoms with Crippen LogP contribution in [-0.2, 0) is 4.79 Å². The highest BCUT2D eigenvalue weighted by Crippen LogP contribution is 2.27. The van der Waals surface area contributed by atoms with Crippen molar-refractivity contribution >= 4 is 33.5 Å². The number of hydrogen-bond donors (Lipinski definition) is 1. The Hall–Kier alpha value is -4.19. The molecule has 5 nitrogen and oxygen atoms in total. The van der Waals surface area contributed by atoms with E-state index in [0.717, 1.165) is 10.8 Å². The molecule has 0 spiro atoms. The minimum atomic E-state index is -0.362. The molecule has 0 saturated heterocycles. The molecule has 5 rings (SSSR count). The van der Waals surface area contributed by atoms with Crippen LogP contribution < -0.4 is 10.1 Å². The summed E-state index contributed by atoms with van der Waals surface area (Å²) in [5.74, 6) is 0.317. The second-order valence-electron chi connectivity index (χ2n) is 7.03. The molecule has 152 valence electrons. The summed E-state index contributed by atoms with van der Waals surface area (Å²) in [5, 5.41) is 4.80. The zero-order valence-corrected chi connectivity index (χ0v) is 16.3. The third-order valence-corrected chi connectivity index (χ3v) is 4.85. The first kappa shape index (κ1) is 18.8. The maximum atomic E-state index is 13.5. The fourth-order valence-corrected chi connectivity index (χ4v) is 3.41. The highest BCUT2D eigenvalue weighted by Gasteiger charge is 2.11. The fourth-order valence-electron chi connectivity index (χ4n) is 3.41. The number of anilines is 1. The van der Waals surface area contributed by atoms with Gasteiger partial charge in [0.25, 0.3) is 5.91 Å². The summed E-state index contributed by atoms with van der Waals surface area (Å²) in [7, 11) is 0. The first-order valence-corrected chi connectivity index (χ1v) is 9.73. The summed E-state index contributed by atoms with van der Waals surface area (Å²) in [4.78, 5) is 16.8. The summed E-state index contributed by atoms with van der Waals surface area (Å²) < 4.78 is 24.9. The molecule has 0 saturated carbocycles. The van der Waals surface area contributed by atoms with Gasteiger partial charge in [-0.15, -0.1) is 0 Å². The van der Waals surface area contributed by atoms with Crippen LogP contribution in [0.1, 0.15) is 0 Å². The number of nitrogens with one attached hydrogen (secondary N) is 1. The molecule has 0 bridgehead atoms. The molecule has 4 aromatic carbocycles. The zero-order valence-electron chi connectivity index (χ0n) is 16.3. The van der Waals surface area contributed by atoms with Crippen LogP contribution in [0, 0.1) is 5.82 Å². The van der Waals surface area contributed by atoms with Crippen LogP contribution in [0.15, 0.2) is 89.3 Å². The summed E-state index contributed by atoms with van der Waals surface area (Å²) >= 11 is 0. The molecule has 0 radical (unpaired) electrons. The second kappa shape index (κ2) is 7.91. The van der Waals surface area contributed by atoms with Crippen molar-refractivity contribution in [3.63, 3.8) is 0 Å². The number of benzene rings is 4. The number of nitrogens with zero attached hydrogens (tertiary/aromatic N) is 1. The number of fused-ring (bicyclic) bond motifs is 2. The number of ether oxygens (including phenoxy) is 1. The minimum absolute atomic E-state index is 0.126. The first-order valence-electron chi connectivity index (χ1n) is 9.73. The Balaban J connectivity index is 1.30. The quantitative estimate of drug-likeness (QED) is 0.396. The predicted molar refractivity (Wildman–Crippen MR) is 117 cm³/mol. The van der Waals surface area contributed by atoms with Crippen molar-refractivity contribution in [1.29, 1.82) is 0 Å². The molecule has 0 fully saturated rings.